The first-order valence-corrected chi connectivity index (χ1v) is 19.3. The number of aromatic nitrogens is 2. The average molecular weight is 697 g/mol. The number of para-hydroxylation sites is 2. The second-order valence-electron chi connectivity index (χ2n) is 13.7. The van der Waals surface area contributed by atoms with Gasteiger partial charge >= 0.3 is 0 Å². The van der Waals surface area contributed by atoms with Gasteiger partial charge < -0.3 is 9.13 Å². The van der Waals surface area contributed by atoms with Crippen molar-refractivity contribution in [3.63, 3.8) is 0 Å². The number of rotatable bonds is 3. The predicted octanol–water partition coefficient (Wildman–Crippen LogP) is 14.3. The summed E-state index contributed by atoms with van der Waals surface area (Å²) in [4.78, 5) is 0. The van der Waals surface area contributed by atoms with Gasteiger partial charge in [0.15, 0.2) is 0 Å². The van der Waals surface area contributed by atoms with Crippen LogP contribution in [0.3, 0.4) is 0 Å². The highest BCUT2D eigenvalue weighted by molar-refractivity contribution is 7.26. The molecule has 0 saturated carbocycles. The van der Waals surface area contributed by atoms with Gasteiger partial charge in [0.25, 0.3) is 0 Å². The van der Waals surface area contributed by atoms with Crippen LogP contribution in [0, 0.1) is 0 Å². The molecule has 242 valence electrons. The summed E-state index contributed by atoms with van der Waals surface area (Å²) in [6, 6.07) is 62.9. The summed E-state index contributed by atoms with van der Waals surface area (Å²) < 4.78 is 10.2. The lowest BCUT2D eigenvalue weighted by atomic mass is 10.0. The van der Waals surface area contributed by atoms with Crippen molar-refractivity contribution < 1.29 is 0 Å². The molecule has 0 aliphatic carbocycles. The van der Waals surface area contributed by atoms with E-state index in [1.807, 2.05) is 22.7 Å². The van der Waals surface area contributed by atoms with Crippen LogP contribution in [-0.4, -0.2) is 9.13 Å². The molecule has 0 amide bonds. The molecule has 0 atom stereocenters. The minimum absolute atomic E-state index is 1.19. The lowest BCUT2D eigenvalue weighted by Crippen LogP contribution is -1.94. The molecule has 0 aliphatic heterocycles. The average Bonchev–Trinajstić information content (AvgIpc) is 3.95. The molecule has 12 rings (SSSR count). The normalized spacial score (nSPS) is 12.2. The predicted molar refractivity (Wildman–Crippen MR) is 226 cm³/mol. The van der Waals surface area contributed by atoms with Gasteiger partial charge in [0, 0.05) is 62.9 Å². The van der Waals surface area contributed by atoms with Gasteiger partial charge in [-0.2, -0.15) is 0 Å². The number of nitrogens with zero attached hydrogens (tertiary/aromatic N) is 2. The fourth-order valence-electron chi connectivity index (χ4n) is 8.60. The molecule has 0 fully saturated rings. The Morgan fingerprint density at radius 2 is 0.827 bits per heavy atom. The van der Waals surface area contributed by atoms with E-state index in [1.165, 1.54) is 106 Å². The second kappa shape index (κ2) is 10.7. The SMILES string of the molecule is c1ccc2c(c1)sc1ccc(-n3c4ccccc4c4cc(-c5ccc6c(c5)c5ccccc5n6-c5cccc6c5sc5ccccc56)ccc43)cc12. The monoisotopic (exact) mass is 696 g/mol. The topological polar surface area (TPSA) is 9.86 Å². The van der Waals surface area contributed by atoms with Crippen LogP contribution in [-0.2, 0) is 0 Å². The van der Waals surface area contributed by atoms with E-state index >= 15 is 0 Å². The molecule has 4 heteroatoms. The summed E-state index contributed by atoms with van der Waals surface area (Å²) >= 11 is 3.75. The van der Waals surface area contributed by atoms with Crippen LogP contribution in [0.4, 0.5) is 0 Å². The van der Waals surface area contributed by atoms with Crippen molar-refractivity contribution in [3.8, 4) is 22.5 Å². The highest BCUT2D eigenvalue weighted by Crippen LogP contribution is 2.43. The van der Waals surface area contributed by atoms with Gasteiger partial charge in [-0.05, 0) is 83.9 Å². The first-order chi connectivity index (χ1) is 25.8. The fraction of sp³-hybridized carbons (Fsp3) is 0. The van der Waals surface area contributed by atoms with Gasteiger partial charge in [0.1, 0.15) is 0 Å². The van der Waals surface area contributed by atoms with Gasteiger partial charge in [-0.3, -0.25) is 0 Å². The molecule has 0 spiro atoms. The van der Waals surface area contributed by atoms with Crippen molar-refractivity contribution in [2.75, 3.05) is 0 Å². The van der Waals surface area contributed by atoms with Crippen LogP contribution in [0.5, 0.6) is 0 Å². The van der Waals surface area contributed by atoms with Crippen molar-refractivity contribution in [1.29, 1.82) is 0 Å². The minimum Gasteiger partial charge on any atom is -0.309 e. The number of benzene rings is 8. The second-order valence-corrected chi connectivity index (χ2v) is 15.8. The summed E-state index contributed by atoms with van der Waals surface area (Å²) in [5.41, 5.74) is 9.77. The lowest BCUT2D eigenvalue weighted by Gasteiger charge is -2.10. The maximum Gasteiger partial charge on any atom is 0.0640 e. The van der Waals surface area contributed by atoms with Crippen LogP contribution < -0.4 is 0 Å². The van der Waals surface area contributed by atoms with E-state index in [4.69, 9.17) is 0 Å². The molecule has 52 heavy (non-hydrogen) atoms. The van der Waals surface area contributed by atoms with Gasteiger partial charge in [-0.1, -0.05) is 97.1 Å². The van der Waals surface area contributed by atoms with E-state index in [1.54, 1.807) is 0 Å². The molecule has 0 saturated heterocycles. The minimum atomic E-state index is 1.19. The van der Waals surface area contributed by atoms with Crippen molar-refractivity contribution >= 4 is 107 Å². The third-order valence-corrected chi connectivity index (χ3v) is 13.3. The molecule has 0 aliphatic rings. The van der Waals surface area contributed by atoms with Crippen molar-refractivity contribution in [3.05, 3.63) is 170 Å². The van der Waals surface area contributed by atoms with Crippen LogP contribution >= 0.6 is 22.7 Å². The van der Waals surface area contributed by atoms with E-state index in [-0.39, 0.29) is 0 Å². The van der Waals surface area contributed by atoms with Crippen molar-refractivity contribution in [2.24, 2.45) is 0 Å². The molecular weight excluding hydrogens is 669 g/mol. The van der Waals surface area contributed by atoms with Gasteiger partial charge in [0.2, 0.25) is 0 Å². The van der Waals surface area contributed by atoms with Crippen molar-refractivity contribution in [1.82, 2.24) is 9.13 Å². The van der Waals surface area contributed by atoms with Gasteiger partial charge in [-0.15, -0.1) is 22.7 Å². The molecule has 8 aromatic carbocycles. The number of hydrogen-bond donors (Lipinski definition) is 0. The Hall–Kier alpha value is -6.20. The summed E-state index contributed by atoms with van der Waals surface area (Å²) in [5.74, 6) is 0. The summed E-state index contributed by atoms with van der Waals surface area (Å²) in [6.07, 6.45) is 0. The Morgan fingerprint density at radius 1 is 0.308 bits per heavy atom. The van der Waals surface area contributed by atoms with Gasteiger partial charge in [0.05, 0.1) is 32.5 Å². The Balaban J connectivity index is 1.05. The molecule has 2 nitrogen and oxygen atoms in total. The molecular formula is C48H28N2S2. The van der Waals surface area contributed by atoms with Gasteiger partial charge in [-0.25, -0.2) is 0 Å². The first-order valence-electron chi connectivity index (χ1n) is 17.7. The zero-order chi connectivity index (χ0) is 33.9. The largest absolute Gasteiger partial charge is 0.309 e. The van der Waals surface area contributed by atoms with Crippen LogP contribution in [0.1, 0.15) is 0 Å². The first kappa shape index (κ1) is 28.5. The Labute approximate surface area is 306 Å². The summed E-state index contributed by atoms with van der Waals surface area (Å²) in [5, 5.41) is 10.4. The van der Waals surface area contributed by atoms with Crippen LogP contribution in [0.25, 0.3) is 106 Å². The maximum atomic E-state index is 2.47. The molecule has 0 unspecified atom stereocenters. The van der Waals surface area contributed by atoms with E-state index in [0.29, 0.717) is 0 Å². The van der Waals surface area contributed by atoms with E-state index in [2.05, 4.69) is 179 Å². The highest BCUT2D eigenvalue weighted by atomic mass is 32.1. The highest BCUT2D eigenvalue weighted by Gasteiger charge is 2.18. The van der Waals surface area contributed by atoms with Crippen LogP contribution in [0.15, 0.2) is 170 Å². The molecule has 4 aromatic heterocycles. The summed E-state index contributed by atoms with van der Waals surface area (Å²) in [6.45, 7) is 0. The molecule has 12 aromatic rings. The van der Waals surface area contributed by atoms with E-state index in [9.17, 15) is 0 Å². The molecule has 0 bridgehead atoms. The Kier molecular flexibility index (Phi) is 5.84. The van der Waals surface area contributed by atoms with E-state index < -0.39 is 0 Å². The standard InChI is InChI=1S/C48H28N2S2/c1-5-15-40-32(10-1)37-26-29(20-23-42(37)49(40)31-22-25-47-39(28-31)35-13-4-7-18-45(35)51-47)30-21-24-43-38(27-30)33-11-2-6-16-41(33)50(43)44-17-9-14-36-34-12-3-8-19-46(34)52-48(36)44/h1-28H. The molecule has 0 radical (unpaired) electrons. The van der Waals surface area contributed by atoms with Crippen molar-refractivity contribution in [2.45, 2.75) is 0 Å². The molecule has 4 heterocycles. The third kappa shape index (κ3) is 3.93. The zero-order valence-electron chi connectivity index (χ0n) is 27.9. The number of thiophene rings is 2. The fourth-order valence-corrected chi connectivity index (χ4v) is 10.9. The Morgan fingerprint density at radius 3 is 1.54 bits per heavy atom. The zero-order valence-corrected chi connectivity index (χ0v) is 29.5. The smallest absolute Gasteiger partial charge is 0.0640 e. The quantitative estimate of drug-likeness (QED) is 0.174. The lowest BCUT2D eigenvalue weighted by molar-refractivity contribution is 1.19. The number of hydrogen-bond acceptors (Lipinski definition) is 2. The van der Waals surface area contributed by atoms with Crippen LogP contribution in [0.2, 0.25) is 0 Å². The molecule has 0 N–H and O–H groups in total. The third-order valence-electron chi connectivity index (χ3n) is 10.9. The van der Waals surface area contributed by atoms with E-state index in [0.717, 1.165) is 0 Å². The Bertz CT molecular complexity index is 3420. The number of fused-ring (bicyclic) bond motifs is 12. The maximum absolute atomic E-state index is 2.47. The summed E-state index contributed by atoms with van der Waals surface area (Å²) in [7, 11) is 0.